The van der Waals surface area contributed by atoms with Crippen molar-refractivity contribution in [1.29, 1.82) is 0 Å². The van der Waals surface area contributed by atoms with Crippen LogP contribution in [0.25, 0.3) is 11.0 Å². The van der Waals surface area contributed by atoms with Crippen molar-refractivity contribution < 1.29 is 9.18 Å². The third kappa shape index (κ3) is 3.72. The molecule has 0 bridgehead atoms. The van der Waals surface area contributed by atoms with Crippen LogP contribution in [0.5, 0.6) is 0 Å². The zero-order valence-electron chi connectivity index (χ0n) is 16.1. The third-order valence-corrected chi connectivity index (χ3v) is 4.89. The van der Waals surface area contributed by atoms with Gasteiger partial charge < -0.3 is 4.57 Å². The van der Waals surface area contributed by atoms with Gasteiger partial charge in [-0.2, -0.15) is 0 Å². The number of rotatable bonds is 4. The minimum absolute atomic E-state index is 0.0918. The van der Waals surface area contributed by atoms with Crippen LogP contribution in [0.1, 0.15) is 32.7 Å². The molecule has 0 spiro atoms. The molecule has 4 nitrogen and oxygen atoms in total. The minimum Gasteiger partial charge on any atom is -0.327 e. The van der Waals surface area contributed by atoms with Gasteiger partial charge in [0, 0.05) is 24.0 Å². The first-order valence-electron chi connectivity index (χ1n) is 9.29. The number of pyridine rings is 2. The molecule has 2 aromatic carbocycles. The van der Waals surface area contributed by atoms with E-state index in [2.05, 4.69) is 4.98 Å². The van der Waals surface area contributed by atoms with E-state index in [0.29, 0.717) is 23.1 Å². The predicted molar refractivity (Wildman–Crippen MR) is 111 cm³/mol. The highest BCUT2D eigenvalue weighted by atomic mass is 19.1. The van der Waals surface area contributed by atoms with Crippen molar-refractivity contribution in [2.45, 2.75) is 20.4 Å². The average molecular weight is 386 g/mol. The molecule has 29 heavy (non-hydrogen) atoms. The fraction of sp³-hybridized carbons (Fsp3) is 0.125. The van der Waals surface area contributed by atoms with Crippen molar-refractivity contribution in [3.05, 3.63) is 111 Å². The Morgan fingerprint density at radius 1 is 0.966 bits per heavy atom. The molecule has 0 radical (unpaired) electrons. The number of halogens is 1. The van der Waals surface area contributed by atoms with Crippen molar-refractivity contribution in [1.82, 2.24) is 9.55 Å². The average Bonchev–Trinajstić information content (AvgIpc) is 2.71. The Morgan fingerprint density at radius 2 is 1.66 bits per heavy atom. The molecule has 144 valence electrons. The summed E-state index contributed by atoms with van der Waals surface area (Å²) in [6, 6.07) is 16.7. The zero-order valence-corrected chi connectivity index (χ0v) is 16.1. The van der Waals surface area contributed by atoms with Crippen LogP contribution in [0.4, 0.5) is 4.39 Å². The molecule has 4 aromatic rings. The molecular weight excluding hydrogens is 367 g/mol. The molecule has 0 aliphatic heterocycles. The van der Waals surface area contributed by atoms with E-state index in [1.807, 2.05) is 26.0 Å². The van der Waals surface area contributed by atoms with Crippen molar-refractivity contribution in [2.24, 2.45) is 0 Å². The fourth-order valence-electron chi connectivity index (χ4n) is 3.29. The molecular formula is C24H19FN2O2. The van der Waals surface area contributed by atoms with Gasteiger partial charge >= 0.3 is 0 Å². The summed E-state index contributed by atoms with van der Waals surface area (Å²) < 4.78 is 15.0. The summed E-state index contributed by atoms with van der Waals surface area (Å²) >= 11 is 0. The number of fused-ring (bicyclic) bond motifs is 1. The van der Waals surface area contributed by atoms with E-state index < -0.39 is 0 Å². The number of hydrogen-bond donors (Lipinski definition) is 0. The molecule has 0 amide bonds. The van der Waals surface area contributed by atoms with Gasteiger partial charge in [0.1, 0.15) is 11.5 Å². The number of ketones is 1. The molecule has 0 aliphatic rings. The second-order valence-electron chi connectivity index (χ2n) is 7.15. The molecule has 0 aliphatic carbocycles. The Morgan fingerprint density at radius 3 is 2.34 bits per heavy atom. The van der Waals surface area contributed by atoms with E-state index in [0.717, 1.165) is 16.8 Å². The molecule has 0 fully saturated rings. The third-order valence-electron chi connectivity index (χ3n) is 4.89. The number of carbonyl (C=O) groups is 1. The number of hydrogen-bond acceptors (Lipinski definition) is 3. The molecule has 0 unspecified atom stereocenters. The maximum Gasteiger partial charge on any atom is 0.202 e. The summed E-state index contributed by atoms with van der Waals surface area (Å²) in [6.45, 7) is 4.15. The number of carbonyl (C=O) groups excluding carboxylic acids is 1. The van der Waals surface area contributed by atoms with Gasteiger partial charge in [-0.3, -0.25) is 9.59 Å². The normalized spacial score (nSPS) is 11.0. The molecule has 0 N–H and O–H groups in total. The molecule has 0 saturated heterocycles. The van der Waals surface area contributed by atoms with Crippen LogP contribution >= 0.6 is 0 Å². The first-order chi connectivity index (χ1) is 13.9. The van der Waals surface area contributed by atoms with Crippen molar-refractivity contribution in [3.63, 3.8) is 0 Å². The summed E-state index contributed by atoms with van der Waals surface area (Å²) in [4.78, 5) is 30.6. The first kappa shape index (κ1) is 18.7. The lowest BCUT2D eigenvalue weighted by Gasteiger charge is -2.13. The van der Waals surface area contributed by atoms with Crippen molar-refractivity contribution in [3.8, 4) is 0 Å². The molecule has 0 atom stereocenters. The zero-order chi connectivity index (χ0) is 20.5. The fourth-order valence-corrected chi connectivity index (χ4v) is 3.29. The lowest BCUT2D eigenvalue weighted by Crippen LogP contribution is -2.21. The lowest BCUT2D eigenvalue weighted by molar-refractivity contribution is 0.103. The van der Waals surface area contributed by atoms with E-state index in [-0.39, 0.29) is 22.6 Å². The van der Waals surface area contributed by atoms with Crippen LogP contribution in [-0.4, -0.2) is 15.3 Å². The van der Waals surface area contributed by atoms with Gasteiger partial charge in [0.15, 0.2) is 5.78 Å². The molecule has 0 saturated carbocycles. The highest BCUT2D eigenvalue weighted by Gasteiger charge is 2.18. The quantitative estimate of drug-likeness (QED) is 0.488. The summed E-state index contributed by atoms with van der Waals surface area (Å²) in [5, 5.41) is 0.385. The number of nitrogens with zero attached hydrogens (tertiary/aromatic N) is 2. The Kier molecular flexibility index (Phi) is 4.80. The standard InChI is InChI=1S/C24H19FN2O2/c1-15-3-8-18(9-4-15)22(28)21-14-27(13-17-6-10-19(25)11-7-17)24-20(23(21)29)12-5-16(2)26-24/h3-12,14H,13H2,1-2H3. The van der Waals surface area contributed by atoms with Crippen LogP contribution < -0.4 is 5.43 Å². The van der Waals surface area contributed by atoms with E-state index in [9.17, 15) is 14.0 Å². The SMILES string of the molecule is Cc1ccc(C(=O)c2cn(Cc3ccc(F)cc3)c3nc(C)ccc3c2=O)cc1. The monoisotopic (exact) mass is 386 g/mol. The molecule has 5 heteroatoms. The topological polar surface area (TPSA) is 52.0 Å². The Balaban J connectivity index is 1.89. The van der Waals surface area contributed by atoms with Crippen LogP contribution in [0.3, 0.4) is 0 Å². The minimum atomic E-state index is -0.339. The Bertz CT molecular complexity index is 1270. The summed E-state index contributed by atoms with van der Waals surface area (Å²) in [5.74, 6) is -0.645. The molecule has 4 rings (SSSR count). The summed E-state index contributed by atoms with van der Waals surface area (Å²) in [6.07, 6.45) is 1.56. The van der Waals surface area contributed by atoms with Gasteiger partial charge in [-0.25, -0.2) is 9.37 Å². The summed E-state index contributed by atoms with van der Waals surface area (Å²) in [5.41, 5.74) is 3.35. The van der Waals surface area contributed by atoms with Gasteiger partial charge in [0.05, 0.1) is 10.9 Å². The van der Waals surface area contributed by atoms with Gasteiger partial charge in [-0.1, -0.05) is 42.0 Å². The van der Waals surface area contributed by atoms with Crippen LogP contribution in [0.15, 0.2) is 71.7 Å². The first-order valence-corrected chi connectivity index (χ1v) is 9.29. The van der Waals surface area contributed by atoms with Gasteiger partial charge in [0.2, 0.25) is 5.43 Å². The van der Waals surface area contributed by atoms with Crippen molar-refractivity contribution >= 4 is 16.8 Å². The van der Waals surface area contributed by atoms with E-state index in [1.165, 1.54) is 12.1 Å². The summed E-state index contributed by atoms with van der Waals surface area (Å²) in [7, 11) is 0. The molecule has 2 aromatic heterocycles. The Hall–Kier alpha value is -3.60. The second-order valence-corrected chi connectivity index (χ2v) is 7.15. The maximum absolute atomic E-state index is 13.3. The number of aromatic nitrogens is 2. The predicted octanol–water partition coefficient (Wildman–Crippen LogP) is 4.43. The number of aryl methyl sites for hydroxylation is 2. The van der Waals surface area contributed by atoms with E-state index in [1.54, 1.807) is 47.2 Å². The van der Waals surface area contributed by atoms with Crippen LogP contribution in [0.2, 0.25) is 0 Å². The lowest BCUT2D eigenvalue weighted by atomic mass is 10.0. The highest BCUT2D eigenvalue weighted by molar-refractivity contribution is 6.10. The highest BCUT2D eigenvalue weighted by Crippen LogP contribution is 2.16. The van der Waals surface area contributed by atoms with Gasteiger partial charge in [0.25, 0.3) is 0 Å². The van der Waals surface area contributed by atoms with E-state index >= 15 is 0 Å². The van der Waals surface area contributed by atoms with Crippen LogP contribution in [-0.2, 0) is 6.54 Å². The maximum atomic E-state index is 13.3. The Labute approximate surface area is 167 Å². The largest absolute Gasteiger partial charge is 0.327 e. The second kappa shape index (κ2) is 7.43. The smallest absolute Gasteiger partial charge is 0.202 e. The van der Waals surface area contributed by atoms with Crippen LogP contribution in [0, 0.1) is 19.7 Å². The van der Waals surface area contributed by atoms with Gasteiger partial charge in [-0.15, -0.1) is 0 Å². The van der Waals surface area contributed by atoms with Gasteiger partial charge in [-0.05, 0) is 43.7 Å². The molecule has 2 heterocycles. The van der Waals surface area contributed by atoms with E-state index in [4.69, 9.17) is 0 Å². The number of benzene rings is 2. The van der Waals surface area contributed by atoms with Crippen molar-refractivity contribution in [2.75, 3.05) is 0 Å².